The number of imide groups is 1. The summed E-state index contributed by atoms with van der Waals surface area (Å²) >= 11 is 0. The first-order chi connectivity index (χ1) is 16.9. The largest absolute Gasteiger partial charge is 0.452 e. The molecule has 0 saturated heterocycles. The summed E-state index contributed by atoms with van der Waals surface area (Å²) in [6.45, 7) is 2.05. The predicted octanol–water partition coefficient (Wildman–Crippen LogP) is 3.51. The molecule has 1 atom stereocenters. The number of nitrogens with one attached hydrogen (secondary N) is 1. The Morgan fingerprint density at radius 1 is 0.971 bits per heavy atom. The summed E-state index contributed by atoms with van der Waals surface area (Å²) < 4.78 is 10.1. The van der Waals surface area contributed by atoms with Crippen LogP contribution in [0, 0.1) is 0 Å². The smallest absolute Gasteiger partial charge is 0.338 e. The summed E-state index contributed by atoms with van der Waals surface area (Å²) in [5.74, 6) is -2.06. The van der Waals surface area contributed by atoms with Crippen LogP contribution < -0.4 is 5.32 Å². The molecule has 3 aromatic rings. The average Bonchev–Trinajstić information content (AvgIpc) is 3.11. The highest BCUT2D eigenvalue weighted by molar-refractivity contribution is 6.22. The maximum absolute atomic E-state index is 12.6. The van der Waals surface area contributed by atoms with Gasteiger partial charge in [-0.1, -0.05) is 42.5 Å². The normalized spacial score (nSPS) is 13.6. The summed E-state index contributed by atoms with van der Waals surface area (Å²) in [4.78, 5) is 51.3. The third kappa shape index (κ3) is 5.07. The fraction of sp³-hybridized carbons (Fsp3) is 0.259. The van der Waals surface area contributed by atoms with E-state index >= 15 is 0 Å². The molecule has 0 saturated carbocycles. The van der Waals surface area contributed by atoms with Crippen LogP contribution in [0.15, 0.2) is 60.7 Å². The number of amides is 3. The number of ether oxygens (including phenoxy) is 2. The van der Waals surface area contributed by atoms with Gasteiger partial charge in [-0.05, 0) is 47.9 Å². The van der Waals surface area contributed by atoms with Crippen molar-refractivity contribution in [2.75, 3.05) is 26.9 Å². The van der Waals surface area contributed by atoms with Gasteiger partial charge in [-0.15, -0.1) is 0 Å². The zero-order valence-electron chi connectivity index (χ0n) is 19.6. The lowest BCUT2D eigenvalue weighted by molar-refractivity contribution is -0.124. The van der Waals surface area contributed by atoms with Crippen molar-refractivity contribution in [1.82, 2.24) is 10.2 Å². The van der Waals surface area contributed by atoms with Gasteiger partial charge in [-0.25, -0.2) is 4.79 Å². The number of fused-ring (bicyclic) bond motifs is 2. The molecular weight excluding hydrogens is 448 g/mol. The number of carbonyl (C=O) groups is 4. The molecule has 4 rings (SSSR count). The Hall–Kier alpha value is -4.04. The van der Waals surface area contributed by atoms with Crippen LogP contribution in [0.25, 0.3) is 10.8 Å². The van der Waals surface area contributed by atoms with E-state index in [-0.39, 0.29) is 29.3 Å². The van der Waals surface area contributed by atoms with Crippen molar-refractivity contribution < 1.29 is 28.7 Å². The second-order valence-electron chi connectivity index (χ2n) is 8.30. The molecule has 0 spiro atoms. The summed E-state index contributed by atoms with van der Waals surface area (Å²) in [7, 11) is 1.55. The van der Waals surface area contributed by atoms with E-state index in [0.29, 0.717) is 13.0 Å². The van der Waals surface area contributed by atoms with Gasteiger partial charge in [-0.2, -0.15) is 0 Å². The van der Waals surface area contributed by atoms with Crippen LogP contribution in [0.3, 0.4) is 0 Å². The second kappa shape index (κ2) is 10.5. The van der Waals surface area contributed by atoms with Crippen LogP contribution in [0.2, 0.25) is 0 Å². The van der Waals surface area contributed by atoms with E-state index in [4.69, 9.17) is 9.47 Å². The third-order valence-electron chi connectivity index (χ3n) is 5.94. The number of hydrogen-bond acceptors (Lipinski definition) is 6. The van der Waals surface area contributed by atoms with Gasteiger partial charge in [0.1, 0.15) is 0 Å². The van der Waals surface area contributed by atoms with Crippen molar-refractivity contribution in [2.24, 2.45) is 0 Å². The third-order valence-corrected chi connectivity index (χ3v) is 5.94. The van der Waals surface area contributed by atoms with E-state index in [1.165, 1.54) is 18.2 Å². The van der Waals surface area contributed by atoms with Gasteiger partial charge in [0.15, 0.2) is 6.61 Å². The summed E-state index contributed by atoms with van der Waals surface area (Å²) in [5.41, 5.74) is 1.44. The summed E-state index contributed by atoms with van der Waals surface area (Å²) in [6, 6.07) is 17.7. The molecule has 0 aliphatic carbocycles. The molecule has 3 aromatic carbocycles. The summed E-state index contributed by atoms with van der Waals surface area (Å²) in [6.07, 6.45) is 0.517. The van der Waals surface area contributed by atoms with Gasteiger partial charge in [0, 0.05) is 20.3 Å². The first-order valence-electron chi connectivity index (χ1n) is 11.3. The van der Waals surface area contributed by atoms with Gasteiger partial charge in [0.05, 0.1) is 22.7 Å². The van der Waals surface area contributed by atoms with E-state index in [2.05, 4.69) is 5.32 Å². The van der Waals surface area contributed by atoms with E-state index < -0.39 is 30.3 Å². The van der Waals surface area contributed by atoms with Gasteiger partial charge >= 0.3 is 5.97 Å². The van der Waals surface area contributed by atoms with Gasteiger partial charge in [-0.3, -0.25) is 19.3 Å². The molecule has 0 fully saturated rings. The SMILES string of the molecule is COCCCN1C(=O)c2ccc(C(=O)OCC(=O)NC(C)c3cccc4ccccc34)cc2C1=O. The van der Waals surface area contributed by atoms with Crippen LogP contribution in [0.1, 0.15) is 56.0 Å². The van der Waals surface area contributed by atoms with Crippen molar-refractivity contribution in [3.63, 3.8) is 0 Å². The fourth-order valence-electron chi connectivity index (χ4n) is 4.19. The Labute approximate surface area is 202 Å². The van der Waals surface area contributed by atoms with Gasteiger partial charge < -0.3 is 14.8 Å². The number of carbonyl (C=O) groups excluding carboxylic acids is 4. The Morgan fingerprint density at radius 3 is 2.51 bits per heavy atom. The Kier molecular flexibility index (Phi) is 7.22. The van der Waals surface area contributed by atoms with Gasteiger partial charge in [0.2, 0.25) is 0 Å². The molecular formula is C27H26N2O6. The zero-order chi connectivity index (χ0) is 24.9. The molecule has 180 valence electrons. The molecule has 1 N–H and O–H groups in total. The summed E-state index contributed by atoms with van der Waals surface area (Å²) in [5, 5.41) is 4.95. The number of benzene rings is 3. The van der Waals surface area contributed by atoms with Crippen LogP contribution >= 0.6 is 0 Å². The first-order valence-corrected chi connectivity index (χ1v) is 11.3. The fourth-order valence-corrected chi connectivity index (χ4v) is 4.19. The highest BCUT2D eigenvalue weighted by atomic mass is 16.5. The quantitative estimate of drug-likeness (QED) is 0.289. The lowest BCUT2D eigenvalue weighted by atomic mass is 10.00. The Bertz CT molecular complexity index is 1300. The molecule has 0 radical (unpaired) electrons. The monoisotopic (exact) mass is 474 g/mol. The van der Waals surface area contributed by atoms with Crippen molar-refractivity contribution in [1.29, 1.82) is 0 Å². The van der Waals surface area contributed by atoms with Crippen molar-refractivity contribution >= 4 is 34.5 Å². The number of methoxy groups -OCH3 is 1. The molecule has 3 amide bonds. The van der Waals surface area contributed by atoms with Crippen LogP contribution in [0.5, 0.6) is 0 Å². The van der Waals surface area contributed by atoms with Crippen LogP contribution in [-0.4, -0.2) is 55.5 Å². The van der Waals surface area contributed by atoms with E-state index in [1.54, 1.807) is 7.11 Å². The maximum Gasteiger partial charge on any atom is 0.338 e. The maximum atomic E-state index is 12.6. The van der Waals surface area contributed by atoms with Crippen LogP contribution in [0.4, 0.5) is 0 Å². The number of esters is 1. The molecule has 0 bridgehead atoms. The minimum absolute atomic E-state index is 0.0959. The average molecular weight is 475 g/mol. The minimum atomic E-state index is -0.751. The minimum Gasteiger partial charge on any atom is -0.452 e. The Morgan fingerprint density at radius 2 is 1.71 bits per heavy atom. The molecule has 35 heavy (non-hydrogen) atoms. The first kappa shape index (κ1) is 24.1. The van der Waals surface area contributed by atoms with E-state index in [9.17, 15) is 19.2 Å². The van der Waals surface area contributed by atoms with E-state index in [1.807, 2.05) is 49.4 Å². The lowest BCUT2D eigenvalue weighted by Gasteiger charge is -2.16. The second-order valence-corrected chi connectivity index (χ2v) is 8.30. The molecule has 8 heteroatoms. The molecule has 0 aromatic heterocycles. The lowest BCUT2D eigenvalue weighted by Crippen LogP contribution is -2.31. The van der Waals surface area contributed by atoms with Crippen LogP contribution in [-0.2, 0) is 14.3 Å². The predicted molar refractivity (Wildman–Crippen MR) is 129 cm³/mol. The highest BCUT2D eigenvalue weighted by Gasteiger charge is 2.35. The zero-order valence-corrected chi connectivity index (χ0v) is 19.6. The molecule has 1 unspecified atom stereocenters. The molecule has 1 aliphatic rings. The topological polar surface area (TPSA) is 102 Å². The van der Waals surface area contributed by atoms with Crippen molar-refractivity contribution in [3.8, 4) is 0 Å². The highest BCUT2D eigenvalue weighted by Crippen LogP contribution is 2.25. The standard InChI is InChI=1S/C27H26N2O6/c1-17(20-10-5-8-18-7-3-4-9-21(18)20)28-24(30)16-35-27(33)19-11-12-22-23(15-19)26(32)29(25(22)31)13-6-14-34-2/h3-5,7-12,15,17H,6,13-14,16H2,1-2H3,(H,28,30). The van der Waals surface area contributed by atoms with E-state index in [0.717, 1.165) is 21.2 Å². The Balaban J connectivity index is 1.36. The molecule has 1 aliphatic heterocycles. The molecule has 1 heterocycles. The van der Waals surface area contributed by atoms with Crippen molar-refractivity contribution in [3.05, 3.63) is 82.9 Å². The van der Waals surface area contributed by atoms with Crippen molar-refractivity contribution in [2.45, 2.75) is 19.4 Å². The number of rotatable bonds is 9. The number of hydrogen-bond donors (Lipinski definition) is 1. The number of nitrogens with zero attached hydrogens (tertiary/aromatic N) is 1. The molecule has 8 nitrogen and oxygen atoms in total. The van der Waals surface area contributed by atoms with Gasteiger partial charge in [0.25, 0.3) is 17.7 Å².